The van der Waals surface area contributed by atoms with Crippen LogP contribution >= 0.6 is 23.4 Å². The highest BCUT2D eigenvalue weighted by Gasteiger charge is 2.33. The summed E-state index contributed by atoms with van der Waals surface area (Å²) in [6.45, 7) is 9.07. The van der Waals surface area contributed by atoms with Crippen molar-refractivity contribution in [2.75, 3.05) is 25.1 Å². The first-order valence-electron chi connectivity index (χ1n) is 10.9. The second-order valence-electron chi connectivity index (χ2n) is 9.36. The van der Waals surface area contributed by atoms with E-state index in [0.29, 0.717) is 27.1 Å². The fourth-order valence-corrected chi connectivity index (χ4v) is 4.79. The first-order chi connectivity index (χ1) is 16.1. The number of nitrogens with zero attached hydrogens (tertiary/aromatic N) is 5. The maximum atomic E-state index is 12.2. The van der Waals surface area contributed by atoms with Gasteiger partial charge < -0.3 is 19.7 Å². The molecule has 0 aromatic carbocycles. The largest absolute Gasteiger partial charge is 0.480 e. The molecule has 0 unspecified atom stereocenters. The summed E-state index contributed by atoms with van der Waals surface area (Å²) in [7, 11) is 1.52. The summed E-state index contributed by atoms with van der Waals surface area (Å²) >= 11 is 7.73. The molecule has 0 aliphatic carbocycles. The number of fused-ring (bicyclic) bond motifs is 1. The molecule has 4 heterocycles. The van der Waals surface area contributed by atoms with Gasteiger partial charge in [0.1, 0.15) is 22.0 Å². The molecule has 4 rings (SSSR count). The predicted molar refractivity (Wildman–Crippen MR) is 131 cm³/mol. The van der Waals surface area contributed by atoms with Gasteiger partial charge in [-0.1, -0.05) is 23.4 Å². The van der Waals surface area contributed by atoms with Crippen LogP contribution in [0.3, 0.4) is 0 Å². The summed E-state index contributed by atoms with van der Waals surface area (Å²) in [5.41, 5.74) is 0.396. The lowest BCUT2D eigenvalue weighted by Gasteiger charge is -2.40. The smallest absolute Gasteiger partial charge is 0.408 e. The zero-order valence-corrected chi connectivity index (χ0v) is 21.4. The molecule has 0 spiro atoms. The normalized spacial score (nSPS) is 15.9. The van der Waals surface area contributed by atoms with Crippen molar-refractivity contribution in [3.63, 3.8) is 0 Å². The Bertz CT molecular complexity index is 1190. The van der Waals surface area contributed by atoms with Gasteiger partial charge in [0.05, 0.1) is 13.3 Å². The van der Waals surface area contributed by atoms with Gasteiger partial charge in [0.15, 0.2) is 10.7 Å². The van der Waals surface area contributed by atoms with Crippen molar-refractivity contribution in [1.29, 1.82) is 0 Å². The number of anilines is 1. The van der Waals surface area contributed by atoms with Crippen LogP contribution in [0.1, 0.15) is 40.5 Å². The van der Waals surface area contributed by atoms with Crippen LogP contribution < -0.4 is 15.0 Å². The molecule has 2 N–H and O–H groups in total. The van der Waals surface area contributed by atoms with Crippen molar-refractivity contribution < 1.29 is 14.3 Å². The molecular formula is C22H28ClN7O3S. The van der Waals surface area contributed by atoms with Gasteiger partial charge in [-0.3, -0.25) is 5.10 Å². The van der Waals surface area contributed by atoms with Gasteiger partial charge in [0.25, 0.3) is 0 Å². The lowest BCUT2D eigenvalue weighted by Crippen LogP contribution is -2.54. The van der Waals surface area contributed by atoms with Crippen LogP contribution in [0, 0.1) is 0 Å². The Labute approximate surface area is 207 Å². The summed E-state index contributed by atoms with van der Waals surface area (Å²) in [6, 6.07) is 1.80. The van der Waals surface area contributed by atoms with Crippen molar-refractivity contribution in [1.82, 2.24) is 30.5 Å². The molecule has 0 radical (unpaired) electrons. The number of piperidine rings is 1. The molecular weight excluding hydrogens is 478 g/mol. The number of rotatable bonds is 5. The zero-order chi connectivity index (χ0) is 24.5. The first kappa shape index (κ1) is 24.3. The number of alkyl carbamates (subject to hydrolysis) is 1. The van der Waals surface area contributed by atoms with E-state index in [0.717, 1.165) is 36.6 Å². The van der Waals surface area contributed by atoms with Crippen LogP contribution in [0.5, 0.6) is 5.88 Å². The van der Waals surface area contributed by atoms with Gasteiger partial charge in [-0.2, -0.15) is 5.10 Å². The molecule has 12 heteroatoms. The average molecular weight is 506 g/mol. The van der Waals surface area contributed by atoms with E-state index in [4.69, 9.17) is 26.1 Å². The molecule has 1 aliphatic rings. The third-order valence-electron chi connectivity index (χ3n) is 5.44. The van der Waals surface area contributed by atoms with Crippen molar-refractivity contribution in [3.05, 3.63) is 23.5 Å². The van der Waals surface area contributed by atoms with E-state index in [1.807, 2.05) is 27.7 Å². The van der Waals surface area contributed by atoms with E-state index in [1.165, 1.54) is 18.9 Å². The Morgan fingerprint density at radius 1 is 1.29 bits per heavy atom. The van der Waals surface area contributed by atoms with E-state index < -0.39 is 5.60 Å². The molecule has 0 saturated carbocycles. The zero-order valence-electron chi connectivity index (χ0n) is 19.8. The number of pyridine rings is 1. The minimum Gasteiger partial charge on any atom is -0.480 e. The molecule has 3 aromatic heterocycles. The predicted octanol–water partition coefficient (Wildman–Crippen LogP) is 4.44. The van der Waals surface area contributed by atoms with Crippen LogP contribution in [0.4, 0.5) is 10.6 Å². The molecule has 1 aliphatic heterocycles. The topological polar surface area (TPSA) is 118 Å². The third-order valence-corrected chi connectivity index (χ3v) is 6.96. The quantitative estimate of drug-likeness (QED) is 0.518. The lowest BCUT2D eigenvalue weighted by atomic mass is 9.90. The molecule has 34 heavy (non-hydrogen) atoms. The average Bonchev–Trinajstić information content (AvgIpc) is 3.16. The fraction of sp³-hybridized carbons (Fsp3) is 0.500. The van der Waals surface area contributed by atoms with Gasteiger partial charge in [0, 0.05) is 29.7 Å². The number of aromatic amines is 1. The fourth-order valence-electron chi connectivity index (χ4n) is 3.63. The first-order valence-corrected chi connectivity index (χ1v) is 12.1. The van der Waals surface area contributed by atoms with Gasteiger partial charge in [-0.05, 0) is 46.6 Å². The highest BCUT2D eigenvalue weighted by atomic mass is 35.5. The molecule has 3 aromatic rings. The summed E-state index contributed by atoms with van der Waals surface area (Å²) in [6.07, 6.45) is 4.52. The molecule has 0 atom stereocenters. The van der Waals surface area contributed by atoms with Crippen molar-refractivity contribution in [3.8, 4) is 5.88 Å². The number of H-pyrrole nitrogens is 1. The number of halogens is 1. The maximum absolute atomic E-state index is 12.2. The van der Waals surface area contributed by atoms with Crippen molar-refractivity contribution in [2.24, 2.45) is 0 Å². The Balaban J connectivity index is 1.43. The van der Waals surface area contributed by atoms with Gasteiger partial charge in [-0.15, -0.1) is 0 Å². The standard InChI is InChI=1S/C22H28ClN7O3S/c1-21(2,3)33-20(31)27-22(4)7-10-30(11-8-22)14-12-25-16-17(26-14)28-29-19(16)34-13-6-9-24-18(32-5)15(13)23/h6,9,12H,7-8,10-11H2,1-5H3,(H,27,31)(H,26,28,29). The number of amides is 1. The second-order valence-corrected chi connectivity index (χ2v) is 10.8. The Morgan fingerprint density at radius 3 is 2.71 bits per heavy atom. The lowest BCUT2D eigenvalue weighted by molar-refractivity contribution is 0.0448. The number of ether oxygens (including phenoxy) is 2. The SMILES string of the molecule is COc1nccc(Sc2n[nH]c3nc(N4CCC(C)(NC(=O)OC(C)(C)C)CC4)cnc23)c1Cl. The number of methoxy groups -OCH3 is 1. The van der Waals surface area contributed by atoms with Crippen LogP contribution in [0.2, 0.25) is 5.02 Å². The Hall–Kier alpha value is -2.79. The molecule has 0 bridgehead atoms. The van der Waals surface area contributed by atoms with E-state index >= 15 is 0 Å². The van der Waals surface area contributed by atoms with E-state index in [-0.39, 0.29) is 11.6 Å². The minimum atomic E-state index is -0.526. The maximum Gasteiger partial charge on any atom is 0.408 e. The minimum absolute atomic E-state index is 0.334. The summed E-state index contributed by atoms with van der Waals surface area (Å²) < 4.78 is 10.6. The second kappa shape index (κ2) is 9.46. The monoisotopic (exact) mass is 505 g/mol. The highest BCUT2D eigenvalue weighted by molar-refractivity contribution is 7.99. The van der Waals surface area contributed by atoms with Crippen LogP contribution in [-0.2, 0) is 4.74 Å². The Kier molecular flexibility index (Phi) is 6.77. The van der Waals surface area contributed by atoms with Crippen molar-refractivity contribution in [2.45, 2.75) is 61.6 Å². The molecule has 182 valence electrons. The summed E-state index contributed by atoms with van der Waals surface area (Å²) in [4.78, 5) is 28.6. The highest BCUT2D eigenvalue weighted by Crippen LogP contribution is 2.38. The Morgan fingerprint density at radius 2 is 2.03 bits per heavy atom. The number of hydrogen-bond donors (Lipinski definition) is 2. The number of nitrogens with one attached hydrogen (secondary N) is 2. The molecule has 1 saturated heterocycles. The van der Waals surface area contributed by atoms with Crippen LogP contribution in [0.25, 0.3) is 11.2 Å². The van der Waals surface area contributed by atoms with E-state index in [1.54, 1.807) is 18.5 Å². The third kappa shape index (κ3) is 5.47. The number of carbonyl (C=O) groups is 1. The van der Waals surface area contributed by atoms with E-state index in [9.17, 15) is 4.79 Å². The molecule has 10 nitrogen and oxygen atoms in total. The van der Waals surface area contributed by atoms with Gasteiger partial charge in [-0.25, -0.2) is 19.7 Å². The molecule has 1 fully saturated rings. The van der Waals surface area contributed by atoms with Crippen molar-refractivity contribution >= 4 is 46.4 Å². The van der Waals surface area contributed by atoms with E-state index in [2.05, 4.69) is 30.4 Å². The van der Waals surface area contributed by atoms with Crippen LogP contribution in [0.15, 0.2) is 28.4 Å². The summed E-state index contributed by atoms with van der Waals surface area (Å²) in [5.74, 6) is 1.12. The number of aromatic nitrogens is 5. The van der Waals surface area contributed by atoms with Gasteiger partial charge in [0.2, 0.25) is 5.88 Å². The number of carbonyl (C=O) groups excluding carboxylic acids is 1. The summed E-state index contributed by atoms with van der Waals surface area (Å²) in [5, 5.41) is 11.4. The van der Waals surface area contributed by atoms with Crippen LogP contribution in [-0.4, -0.2) is 62.6 Å². The molecule has 1 amide bonds. The van der Waals surface area contributed by atoms with Gasteiger partial charge >= 0.3 is 6.09 Å². The number of hydrogen-bond acceptors (Lipinski definition) is 9.